The number of carbonyl (C=O) groups is 2. The normalized spacial score (nSPS) is 12.4. The number of amides is 1. The van der Waals surface area contributed by atoms with Crippen LogP contribution in [0.1, 0.15) is 28.3 Å². The molecule has 0 unspecified atom stereocenters. The van der Waals surface area contributed by atoms with Crippen LogP contribution in [0.15, 0.2) is 66.7 Å². The molecular weight excluding hydrogens is 382 g/mol. The number of nitrogens with one attached hydrogen (secondary N) is 1. The third kappa shape index (κ3) is 3.85. The number of ether oxygens (including phenoxy) is 2. The fraction of sp³-hybridized carbons (Fsp3) is 0.167. The third-order valence-electron chi connectivity index (χ3n) is 5.23. The zero-order chi connectivity index (χ0) is 21.1. The van der Waals surface area contributed by atoms with E-state index in [1.54, 1.807) is 12.1 Å². The van der Waals surface area contributed by atoms with Crippen LogP contribution in [0.25, 0.3) is 11.1 Å². The lowest BCUT2D eigenvalue weighted by Gasteiger charge is -2.17. The van der Waals surface area contributed by atoms with Crippen molar-refractivity contribution >= 4 is 12.1 Å². The van der Waals surface area contributed by atoms with E-state index >= 15 is 0 Å². The van der Waals surface area contributed by atoms with Crippen molar-refractivity contribution in [3.8, 4) is 16.9 Å². The Kier molecular flexibility index (Phi) is 5.39. The van der Waals surface area contributed by atoms with Crippen molar-refractivity contribution in [3.05, 3.63) is 89.0 Å². The highest BCUT2D eigenvalue weighted by molar-refractivity contribution is 5.83. The number of alkyl carbamates (subject to hydrolysis) is 1. The Labute approximate surface area is 174 Å². The van der Waals surface area contributed by atoms with Crippen LogP contribution in [0.2, 0.25) is 0 Å². The molecule has 0 fully saturated rings. The van der Waals surface area contributed by atoms with Crippen molar-refractivity contribution in [1.29, 1.82) is 0 Å². The van der Waals surface area contributed by atoms with Gasteiger partial charge >= 0.3 is 12.1 Å². The molecule has 1 amide bonds. The molecule has 30 heavy (non-hydrogen) atoms. The zero-order valence-corrected chi connectivity index (χ0v) is 16.4. The number of phenolic OH excluding ortho intramolecular Hbond substituents is 1. The molecule has 0 aliphatic heterocycles. The van der Waals surface area contributed by atoms with Gasteiger partial charge in [-0.3, -0.25) is 0 Å². The summed E-state index contributed by atoms with van der Waals surface area (Å²) in [7, 11) is 1.24. The first-order chi connectivity index (χ1) is 14.6. The second-order valence-corrected chi connectivity index (χ2v) is 7.05. The van der Waals surface area contributed by atoms with Crippen molar-refractivity contribution < 1.29 is 24.2 Å². The number of benzene rings is 3. The van der Waals surface area contributed by atoms with Crippen LogP contribution in [0, 0.1) is 0 Å². The van der Waals surface area contributed by atoms with Gasteiger partial charge in [0.1, 0.15) is 12.4 Å². The Morgan fingerprint density at radius 3 is 2.50 bits per heavy atom. The topological polar surface area (TPSA) is 84.9 Å². The lowest BCUT2D eigenvalue weighted by Crippen LogP contribution is -2.34. The minimum Gasteiger partial charge on any atom is -0.508 e. The van der Waals surface area contributed by atoms with Gasteiger partial charge in [0, 0.05) is 0 Å². The number of hydrogen-bond acceptors (Lipinski definition) is 5. The molecule has 3 aromatic rings. The van der Waals surface area contributed by atoms with E-state index in [1.165, 1.54) is 30.4 Å². The Hall–Kier alpha value is -3.80. The van der Waals surface area contributed by atoms with Gasteiger partial charge in [-0.1, -0.05) is 54.6 Å². The molecule has 0 saturated heterocycles. The molecule has 4 rings (SSSR count). The Morgan fingerprint density at radius 1 is 1.00 bits per heavy atom. The van der Waals surface area contributed by atoms with Crippen molar-refractivity contribution in [1.82, 2.24) is 5.32 Å². The Balaban J connectivity index is 1.46. The Morgan fingerprint density at radius 2 is 1.73 bits per heavy atom. The summed E-state index contributed by atoms with van der Waals surface area (Å²) in [5.74, 6) is -0.572. The van der Waals surface area contributed by atoms with E-state index in [0.29, 0.717) is 5.56 Å². The van der Waals surface area contributed by atoms with Gasteiger partial charge in [-0.05, 0) is 51.9 Å². The number of carbonyl (C=O) groups excluding carboxylic acids is 2. The van der Waals surface area contributed by atoms with Gasteiger partial charge in [-0.25, -0.2) is 9.59 Å². The molecule has 0 bridgehead atoms. The fourth-order valence-electron chi connectivity index (χ4n) is 3.72. The summed E-state index contributed by atoms with van der Waals surface area (Å²) in [6.45, 7) is 0.0897. The first-order valence-electron chi connectivity index (χ1n) is 9.56. The molecular formula is C24H21NO5. The molecule has 0 heterocycles. The minimum atomic E-state index is -1.03. The lowest BCUT2D eigenvalue weighted by atomic mass is 10.0. The summed E-state index contributed by atoms with van der Waals surface area (Å²) in [4.78, 5) is 24.5. The number of phenols is 1. The van der Waals surface area contributed by atoms with Crippen LogP contribution >= 0.6 is 0 Å². The molecule has 0 radical (unpaired) electrons. The molecule has 3 aromatic carbocycles. The molecule has 2 N–H and O–H groups in total. The van der Waals surface area contributed by atoms with Gasteiger partial charge in [0.2, 0.25) is 0 Å². The van der Waals surface area contributed by atoms with Crippen LogP contribution in [0.4, 0.5) is 4.79 Å². The summed E-state index contributed by atoms with van der Waals surface area (Å²) in [5, 5.41) is 12.0. The Bertz CT molecular complexity index is 1090. The van der Waals surface area contributed by atoms with Gasteiger partial charge in [0.05, 0.1) is 7.11 Å². The standard InChI is InChI=1S/C24H21NO5/c1-29-23(27)22(15-9-11-18(26)12-10-15)25-24(28)30-14-17-6-4-8-20-19-7-3-2-5-16(19)13-21(17)20/h2-12,22,26H,13-14H2,1H3,(H,25,28)/t22-/m1/s1. The number of fused-ring (bicyclic) bond motifs is 3. The predicted molar refractivity (Wildman–Crippen MR) is 111 cm³/mol. The molecule has 0 aromatic heterocycles. The summed E-state index contributed by atoms with van der Waals surface area (Å²) in [6, 6.07) is 19.1. The molecule has 1 aliphatic carbocycles. The molecule has 6 heteroatoms. The molecule has 1 aliphatic rings. The van der Waals surface area contributed by atoms with Crippen LogP contribution < -0.4 is 5.32 Å². The average molecular weight is 403 g/mol. The van der Waals surface area contributed by atoms with Gasteiger partial charge < -0.3 is 19.9 Å². The number of esters is 1. The van der Waals surface area contributed by atoms with Gasteiger partial charge in [-0.15, -0.1) is 0 Å². The van der Waals surface area contributed by atoms with E-state index in [9.17, 15) is 14.7 Å². The smallest absolute Gasteiger partial charge is 0.408 e. The SMILES string of the molecule is COC(=O)[C@H](NC(=O)OCc1cccc2c1Cc1ccccc1-2)c1ccc(O)cc1. The van der Waals surface area contributed by atoms with E-state index < -0.39 is 18.1 Å². The van der Waals surface area contributed by atoms with E-state index in [4.69, 9.17) is 9.47 Å². The maximum Gasteiger partial charge on any atom is 0.408 e. The molecule has 152 valence electrons. The summed E-state index contributed by atoms with van der Waals surface area (Å²) in [5.41, 5.74) is 6.17. The highest BCUT2D eigenvalue weighted by Crippen LogP contribution is 2.38. The van der Waals surface area contributed by atoms with Crippen LogP contribution in [-0.2, 0) is 27.3 Å². The van der Waals surface area contributed by atoms with E-state index in [0.717, 1.165) is 23.1 Å². The van der Waals surface area contributed by atoms with Crippen LogP contribution in [0.5, 0.6) is 5.75 Å². The average Bonchev–Trinajstić information content (AvgIpc) is 3.15. The summed E-state index contributed by atoms with van der Waals surface area (Å²) in [6.07, 6.45) is 0.0666. The third-order valence-corrected chi connectivity index (χ3v) is 5.23. The molecule has 0 saturated carbocycles. The van der Waals surface area contributed by atoms with Gasteiger partial charge in [-0.2, -0.15) is 0 Å². The molecule has 6 nitrogen and oxygen atoms in total. The van der Waals surface area contributed by atoms with E-state index in [1.807, 2.05) is 24.3 Å². The maximum absolute atomic E-state index is 12.4. The predicted octanol–water partition coefficient (Wildman–Crippen LogP) is 4.10. The van der Waals surface area contributed by atoms with Crippen molar-refractivity contribution in [2.24, 2.45) is 0 Å². The van der Waals surface area contributed by atoms with Gasteiger partial charge in [0.25, 0.3) is 0 Å². The molecule has 1 atom stereocenters. The number of aromatic hydroxyl groups is 1. The molecule has 0 spiro atoms. The second kappa shape index (κ2) is 8.29. The van der Waals surface area contributed by atoms with Crippen molar-refractivity contribution in [2.75, 3.05) is 7.11 Å². The van der Waals surface area contributed by atoms with E-state index in [-0.39, 0.29) is 12.4 Å². The highest BCUT2D eigenvalue weighted by Gasteiger charge is 2.25. The summed E-state index contributed by atoms with van der Waals surface area (Å²) < 4.78 is 10.2. The van der Waals surface area contributed by atoms with Crippen LogP contribution in [0.3, 0.4) is 0 Å². The largest absolute Gasteiger partial charge is 0.508 e. The monoisotopic (exact) mass is 403 g/mol. The zero-order valence-electron chi connectivity index (χ0n) is 16.4. The van der Waals surface area contributed by atoms with Crippen molar-refractivity contribution in [3.63, 3.8) is 0 Å². The quantitative estimate of drug-likeness (QED) is 0.490. The van der Waals surface area contributed by atoms with E-state index in [2.05, 4.69) is 23.5 Å². The van der Waals surface area contributed by atoms with Gasteiger partial charge in [0.15, 0.2) is 6.04 Å². The number of hydrogen-bond donors (Lipinski definition) is 2. The first-order valence-corrected chi connectivity index (χ1v) is 9.56. The number of rotatable bonds is 5. The lowest BCUT2D eigenvalue weighted by molar-refractivity contribution is -0.143. The highest BCUT2D eigenvalue weighted by atomic mass is 16.6. The van der Waals surface area contributed by atoms with Crippen LogP contribution in [-0.4, -0.2) is 24.3 Å². The maximum atomic E-state index is 12.4. The second-order valence-electron chi connectivity index (χ2n) is 7.05. The van der Waals surface area contributed by atoms with Crippen molar-refractivity contribution in [2.45, 2.75) is 19.1 Å². The number of methoxy groups -OCH3 is 1. The minimum absolute atomic E-state index is 0.0591. The summed E-state index contributed by atoms with van der Waals surface area (Å²) >= 11 is 0. The fourth-order valence-corrected chi connectivity index (χ4v) is 3.72. The first kappa shape index (κ1) is 19.5.